The van der Waals surface area contributed by atoms with Crippen LogP contribution in [0.2, 0.25) is 0 Å². The number of hydrogen-bond acceptors (Lipinski definition) is 5. The average Bonchev–Trinajstić information content (AvgIpc) is 2.87. The minimum absolute atomic E-state index is 0.215. The summed E-state index contributed by atoms with van der Waals surface area (Å²) in [6.07, 6.45) is -1.47. The van der Waals surface area contributed by atoms with Crippen LogP contribution in [-0.2, 0) is 6.61 Å². The van der Waals surface area contributed by atoms with Crippen LogP contribution < -0.4 is 15.8 Å². The van der Waals surface area contributed by atoms with Gasteiger partial charge in [-0.25, -0.2) is 18.0 Å². The molecule has 0 saturated heterocycles. The fourth-order valence-electron chi connectivity index (χ4n) is 1.65. The van der Waals surface area contributed by atoms with Crippen LogP contribution in [-0.4, -0.2) is 21.5 Å². The molecule has 2 aromatic rings. The number of hydrogen-bond donors (Lipinski definition) is 3. The van der Waals surface area contributed by atoms with Gasteiger partial charge in [0.25, 0.3) is 5.91 Å². The number of anilines is 1. The fraction of sp³-hybridized carbons (Fsp3) is 0.0833. The molecule has 0 fully saturated rings. The van der Waals surface area contributed by atoms with Crippen LogP contribution in [0.3, 0.4) is 0 Å². The van der Waals surface area contributed by atoms with Gasteiger partial charge in [0.2, 0.25) is 5.88 Å². The highest BCUT2D eigenvalue weighted by molar-refractivity contribution is 9.10. The van der Waals surface area contributed by atoms with E-state index in [2.05, 4.69) is 20.3 Å². The first-order chi connectivity index (χ1) is 11.2. The minimum atomic E-state index is -1.47. The van der Waals surface area contributed by atoms with Gasteiger partial charge in [0.1, 0.15) is 23.0 Å². The Labute approximate surface area is 144 Å². The van der Waals surface area contributed by atoms with E-state index >= 15 is 0 Å². The maximum Gasteiger partial charge on any atom is 0.409 e. The second-order valence-electron chi connectivity index (χ2n) is 4.22. The molecule has 7 nitrogen and oxygen atoms in total. The molecule has 1 aromatic heterocycles. The second-order valence-corrected chi connectivity index (χ2v) is 5.85. The number of nitrogens with zero attached hydrogens (tertiary/aromatic N) is 1. The zero-order valence-corrected chi connectivity index (χ0v) is 13.8. The van der Waals surface area contributed by atoms with E-state index in [1.807, 2.05) is 5.32 Å². The summed E-state index contributed by atoms with van der Waals surface area (Å²) in [5, 5.41) is 10.3. The van der Waals surface area contributed by atoms with E-state index in [1.165, 1.54) is 0 Å². The van der Waals surface area contributed by atoms with Gasteiger partial charge in [-0.05, 0) is 33.5 Å². The number of carbonyl (C=O) groups excluding carboxylic acids is 1. The number of amides is 2. The number of benzene rings is 1. The maximum absolute atomic E-state index is 13.7. The third-order valence-corrected chi connectivity index (χ3v) is 4.01. The highest BCUT2D eigenvalue weighted by Gasteiger charge is 2.24. The molecule has 1 heterocycles. The van der Waals surface area contributed by atoms with Crippen LogP contribution in [0.15, 0.2) is 10.5 Å². The van der Waals surface area contributed by atoms with E-state index in [0.717, 1.165) is 0 Å². The molecule has 0 aliphatic carbocycles. The van der Waals surface area contributed by atoms with Gasteiger partial charge in [-0.2, -0.15) is 4.37 Å². The van der Waals surface area contributed by atoms with Gasteiger partial charge < -0.3 is 15.6 Å². The number of carboxylic acid groups (broad SMARTS) is 1. The summed E-state index contributed by atoms with van der Waals surface area (Å²) in [4.78, 5) is 22.0. The topological polar surface area (TPSA) is 115 Å². The molecule has 0 bridgehead atoms. The summed E-state index contributed by atoms with van der Waals surface area (Å²) >= 11 is 3.20. The highest BCUT2D eigenvalue weighted by Crippen LogP contribution is 2.31. The van der Waals surface area contributed by atoms with Gasteiger partial charge in [-0.15, -0.1) is 0 Å². The second kappa shape index (κ2) is 7.05. The van der Waals surface area contributed by atoms with Crippen molar-refractivity contribution in [3.8, 4) is 5.88 Å². The molecule has 4 N–H and O–H groups in total. The van der Waals surface area contributed by atoms with E-state index in [1.54, 1.807) is 0 Å². The van der Waals surface area contributed by atoms with Crippen molar-refractivity contribution < 1.29 is 32.6 Å². The van der Waals surface area contributed by atoms with Crippen molar-refractivity contribution in [3.05, 3.63) is 39.1 Å². The Balaban J connectivity index is 2.31. The lowest BCUT2D eigenvalue weighted by Gasteiger charge is -2.09. The summed E-state index contributed by atoms with van der Waals surface area (Å²) in [7, 11) is 0. The molecule has 1 aromatic carbocycles. The lowest BCUT2D eigenvalue weighted by Crippen LogP contribution is -2.16. The molecule has 2 amide bonds. The van der Waals surface area contributed by atoms with Crippen molar-refractivity contribution in [3.63, 3.8) is 0 Å². The summed E-state index contributed by atoms with van der Waals surface area (Å²) in [5.74, 6) is -5.36. The number of nitrogens with two attached hydrogens (primary N) is 1. The Morgan fingerprint density at radius 3 is 2.62 bits per heavy atom. The van der Waals surface area contributed by atoms with Crippen molar-refractivity contribution in [2.45, 2.75) is 6.61 Å². The first-order valence-corrected chi connectivity index (χ1v) is 7.53. The van der Waals surface area contributed by atoms with Crippen molar-refractivity contribution in [2.75, 3.05) is 5.32 Å². The van der Waals surface area contributed by atoms with E-state index in [-0.39, 0.29) is 5.00 Å². The molecule has 24 heavy (non-hydrogen) atoms. The van der Waals surface area contributed by atoms with Gasteiger partial charge in [0.05, 0.1) is 10.0 Å². The monoisotopic (exact) mass is 425 g/mol. The third kappa shape index (κ3) is 3.59. The molecule has 128 valence electrons. The number of rotatable bonds is 5. The molecule has 0 aliphatic heterocycles. The predicted octanol–water partition coefficient (Wildman–Crippen LogP) is 3.09. The molecule has 0 saturated carbocycles. The Kier molecular flexibility index (Phi) is 5.29. The van der Waals surface area contributed by atoms with E-state index in [0.29, 0.717) is 17.6 Å². The van der Waals surface area contributed by atoms with Gasteiger partial charge in [-0.1, -0.05) is 0 Å². The molecule has 0 unspecified atom stereocenters. The fourth-order valence-corrected chi connectivity index (χ4v) is 2.76. The molecular formula is C12H7BrF3N3O4S. The third-order valence-electron chi connectivity index (χ3n) is 2.69. The van der Waals surface area contributed by atoms with Crippen LogP contribution in [0.5, 0.6) is 5.88 Å². The largest absolute Gasteiger partial charge is 0.471 e. The smallest absolute Gasteiger partial charge is 0.409 e. The Morgan fingerprint density at radius 1 is 1.38 bits per heavy atom. The normalized spacial score (nSPS) is 10.5. The summed E-state index contributed by atoms with van der Waals surface area (Å²) in [6.45, 7) is -0.793. The predicted molar refractivity (Wildman–Crippen MR) is 80.6 cm³/mol. The molecule has 0 spiro atoms. The number of halogens is 4. The summed E-state index contributed by atoms with van der Waals surface area (Å²) in [6, 6.07) is 0.713. The molecule has 0 atom stereocenters. The standard InChI is InChI=1S/C12H7BrF3N3O4S/c13-4-1-5(14)3(7(15)8(4)16)2-23-10-6(9(17)20)11(24-19-10)18-12(21)22/h1,18H,2H2,(H2,17,20)(H,21,22). The number of nitrogens with one attached hydrogen (secondary N) is 1. The molecular weight excluding hydrogens is 419 g/mol. The molecule has 0 radical (unpaired) electrons. The lowest BCUT2D eigenvalue weighted by molar-refractivity contribution is 0.0996. The van der Waals surface area contributed by atoms with Gasteiger partial charge in [-0.3, -0.25) is 10.1 Å². The Bertz CT molecular complexity index is 830. The zero-order chi connectivity index (χ0) is 18.0. The Morgan fingerprint density at radius 2 is 2.04 bits per heavy atom. The van der Waals surface area contributed by atoms with E-state index < -0.39 is 57.5 Å². The average molecular weight is 426 g/mol. The van der Waals surface area contributed by atoms with E-state index in [9.17, 15) is 22.8 Å². The van der Waals surface area contributed by atoms with Crippen LogP contribution in [0.1, 0.15) is 15.9 Å². The van der Waals surface area contributed by atoms with Gasteiger partial charge in [0, 0.05) is 0 Å². The van der Waals surface area contributed by atoms with Crippen molar-refractivity contribution in [1.82, 2.24) is 4.37 Å². The Hall–Kier alpha value is -2.34. The number of carbonyl (C=O) groups is 2. The van der Waals surface area contributed by atoms with Crippen molar-refractivity contribution >= 4 is 44.5 Å². The summed E-state index contributed by atoms with van der Waals surface area (Å²) in [5.41, 5.74) is 3.98. The van der Waals surface area contributed by atoms with Crippen molar-refractivity contribution in [1.29, 1.82) is 0 Å². The van der Waals surface area contributed by atoms with E-state index in [4.69, 9.17) is 15.6 Å². The zero-order valence-electron chi connectivity index (χ0n) is 11.4. The van der Waals surface area contributed by atoms with Gasteiger partial charge >= 0.3 is 6.09 Å². The number of primary amides is 1. The number of aromatic nitrogens is 1. The maximum atomic E-state index is 13.7. The van der Waals surface area contributed by atoms with Crippen LogP contribution in [0.25, 0.3) is 0 Å². The van der Waals surface area contributed by atoms with Crippen molar-refractivity contribution in [2.24, 2.45) is 5.73 Å². The minimum Gasteiger partial charge on any atom is -0.471 e. The molecule has 2 rings (SSSR count). The highest BCUT2D eigenvalue weighted by atomic mass is 79.9. The first kappa shape index (κ1) is 18.0. The molecule has 12 heteroatoms. The molecule has 0 aliphatic rings. The first-order valence-electron chi connectivity index (χ1n) is 5.96. The SMILES string of the molecule is NC(=O)c1c(OCc2c(F)cc(Br)c(F)c2F)nsc1NC(=O)O. The lowest BCUT2D eigenvalue weighted by atomic mass is 10.2. The van der Waals surface area contributed by atoms with Gasteiger partial charge in [0.15, 0.2) is 11.6 Å². The van der Waals surface area contributed by atoms with Crippen LogP contribution >= 0.6 is 27.5 Å². The quantitative estimate of drug-likeness (QED) is 0.502. The summed E-state index contributed by atoms with van der Waals surface area (Å²) < 4.78 is 49.2. The number of ether oxygens (including phenoxy) is 1. The van der Waals surface area contributed by atoms with Crippen LogP contribution in [0.4, 0.5) is 23.0 Å². The van der Waals surface area contributed by atoms with Crippen LogP contribution in [0, 0.1) is 17.5 Å².